The monoisotopic (exact) mass is 317 g/mol. The third-order valence-corrected chi connectivity index (χ3v) is 2.88. The highest BCUT2D eigenvalue weighted by molar-refractivity contribution is 9.10. The number of hydrogen-bond donors (Lipinski definition) is 2. The second kappa shape index (κ2) is 6.49. The number of aliphatic carboxylic acids is 1. The molecule has 1 aromatic rings. The second-order valence-corrected chi connectivity index (χ2v) is 4.85. The summed E-state index contributed by atoms with van der Waals surface area (Å²) in [5.41, 5.74) is 0.538. The van der Waals surface area contributed by atoms with Gasteiger partial charge in [-0.2, -0.15) is 0 Å². The van der Waals surface area contributed by atoms with Crippen molar-refractivity contribution < 1.29 is 19.1 Å². The Hall–Kier alpha value is -1.43. The lowest BCUT2D eigenvalue weighted by Crippen LogP contribution is -2.35. The van der Waals surface area contributed by atoms with Crippen LogP contribution in [0.3, 0.4) is 0 Å². The fourth-order valence-corrected chi connectivity index (χ4v) is 1.72. The van der Waals surface area contributed by atoms with Gasteiger partial charge in [0.2, 0.25) is 5.91 Å². The molecule has 0 aliphatic carbocycles. The van der Waals surface area contributed by atoms with Crippen molar-refractivity contribution >= 4 is 27.8 Å². The lowest BCUT2D eigenvalue weighted by Gasteiger charge is -2.11. The highest BCUT2D eigenvalue weighted by atomic mass is 79.9. The number of carbonyl (C=O) groups is 2. The first-order chi connectivity index (χ1) is 8.38. The van der Waals surface area contributed by atoms with E-state index in [-0.39, 0.29) is 18.7 Å². The molecule has 0 fully saturated rings. The molecule has 18 heavy (non-hydrogen) atoms. The van der Waals surface area contributed by atoms with Crippen LogP contribution < -0.4 is 5.32 Å². The normalized spacial score (nSPS) is 11.9. The molecule has 1 unspecified atom stereocenters. The van der Waals surface area contributed by atoms with E-state index in [0.717, 1.165) is 0 Å². The second-order valence-electron chi connectivity index (χ2n) is 3.99. The summed E-state index contributed by atoms with van der Waals surface area (Å²) in [7, 11) is 0. The van der Waals surface area contributed by atoms with Crippen LogP contribution in [0.15, 0.2) is 22.7 Å². The smallest absolute Gasteiger partial charge is 0.305 e. The average Bonchev–Trinajstić information content (AvgIpc) is 2.21. The van der Waals surface area contributed by atoms with E-state index in [4.69, 9.17) is 5.11 Å². The first-order valence-corrected chi connectivity index (χ1v) is 6.13. The largest absolute Gasteiger partial charge is 0.481 e. The van der Waals surface area contributed by atoms with Gasteiger partial charge in [-0.25, -0.2) is 4.39 Å². The fraction of sp³-hybridized carbons (Fsp3) is 0.333. The SMILES string of the molecule is CC(CC(=O)O)NC(=O)Cc1ccc(Br)c(F)c1. The van der Waals surface area contributed by atoms with Crippen LogP contribution in [0.2, 0.25) is 0 Å². The van der Waals surface area contributed by atoms with Crippen molar-refractivity contribution in [1.29, 1.82) is 0 Å². The Kier molecular flexibility index (Phi) is 5.27. The van der Waals surface area contributed by atoms with Gasteiger partial charge in [-0.3, -0.25) is 9.59 Å². The number of benzene rings is 1. The topological polar surface area (TPSA) is 66.4 Å². The quantitative estimate of drug-likeness (QED) is 0.874. The summed E-state index contributed by atoms with van der Waals surface area (Å²) in [4.78, 5) is 22.0. The molecule has 0 spiro atoms. The molecule has 6 heteroatoms. The predicted octanol–water partition coefficient (Wildman–Crippen LogP) is 2.11. The summed E-state index contributed by atoms with van der Waals surface area (Å²) in [6.07, 6.45) is -0.116. The number of carboxylic acid groups (broad SMARTS) is 1. The van der Waals surface area contributed by atoms with Crippen LogP contribution in [0.4, 0.5) is 4.39 Å². The molecule has 0 aliphatic heterocycles. The van der Waals surface area contributed by atoms with E-state index >= 15 is 0 Å². The summed E-state index contributed by atoms with van der Waals surface area (Å²) in [6.45, 7) is 1.61. The highest BCUT2D eigenvalue weighted by Crippen LogP contribution is 2.16. The minimum absolute atomic E-state index is 0.0220. The Morgan fingerprint density at radius 1 is 1.50 bits per heavy atom. The van der Waals surface area contributed by atoms with E-state index in [2.05, 4.69) is 21.2 Å². The Balaban J connectivity index is 2.54. The highest BCUT2D eigenvalue weighted by Gasteiger charge is 2.12. The zero-order valence-electron chi connectivity index (χ0n) is 9.74. The molecule has 2 N–H and O–H groups in total. The maximum Gasteiger partial charge on any atom is 0.305 e. The maximum atomic E-state index is 13.2. The van der Waals surface area contributed by atoms with Gasteiger partial charge >= 0.3 is 5.97 Å². The molecular formula is C12H13BrFNO3. The molecule has 0 aromatic heterocycles. The predicted molar refractivity (Wildman–Crippen MR) is 67.7 cm³/mol. The minimum Gasteiger partial charge on any atom is -0.481 e. The number of nitrogens with one attached hydrogen (secondary N) is 1. The molecule has 98 valence electrons. The molecule has 0 saturated carbocycles. The first kappa shape index (κ1) is 14.6. The molecule has 4 nitrogen and oxygen atoms in total. The van der Waals surface area contributed by atoms with Gasteiger partial charge < -0.3 is 10.4 Å². The van der Waals surface area contributed by atoms with E-state index in [1.807, 2.05) is 0 Å². The van der Waals surface area contributed by atoms with Crippen molar-refractivity contribution in [3.05, 3.63) is 34.1 Å². The molecule has 1 amide bonds. The third-order valence-electron chi connectivity index (χ3n) is 2.24. The molecular weight excluding hydrogens is 305 g/mol. The van der Waals surface area contributed by atoms with Crippen LogP contribution in [0.1, 0.15) is 18.9 Å². The maximum absolute atomic E-state index is 13.2. The molecule has 1 aromatic carbocycles. The van der Waals surface area contributed by atoms with Crippen LogP contribution in [0.25, 0.3) is 0 Å². The summed E-state index contributed by atoms with van der Waals surface area (Å²) in [5, 5.41) is 11.1. The van der Waals surface area contributed by atoms with Crippen molar-refractivity contribution in [3.63, 3.8) is 0 Å². The molecule has 0 heterocycles. The van der Waals surface area contributed by atoms with Crippen LogP contribution in [-0.4, -0.2) is 23.0 Å². The number of hydrogen-bond acceptors (Lipinski definition) is 2. The van der Waals surface area contributed by atoms with Crippen molar-refractivity contribution in [2.24, 2.45) is 0 Å². The van der Waals surface area contributed by atoms with Gasteiger partial charge in [-0.15, -0.1) is 0 Å². The van der Waals surface area contributed by atoms with Gasteiger partial charge in [0.1, 0.15) is 5.82 Å². The summed E-state index contributed by atoms with van der Waals surface area (Å²) in [5.74, 6) is -1.73. The zero-order chi connectivity index (χ0) is 13.7. The summed E-state index contributed by atoms with van der Waals surface area (Å²) < 4.78 is 13.5. The number of rotatable bonds is 5. The summed E-state index contributed by atoms with van der Waals surface area (Å²) >= 11 is 3.02. The van der Waals surface area contributed by atoms with Gasteiger partial charge in [-0.05, 0) is 40.5 Å². The number of halogens is 2. The molecule has 1 atom stereocenters. The third kappa shape index (κ3) is 4.83. The van der Waals surface area contributed by atoms with E-state index in [1.165, 1.54) is 12.1 Å². The lowest BCUT2D eigenvalue weighted by molar-refractivity contribution is -0.137. The number of amides is 1. The molecule has 0 aliphatic rings. The zero-order valence-corrected chi connectivity index (χ0v) is 11.3. The number of carbonyl (C=O) groups excluding carboxylic acids is 1. The Bertz CT molecular complexity index is 465. The van der Waals surface area contributed by atoms with Crippen LogP contribution >= 0.6 is 15.9 Å². The lowest BCUT2D eigenvalue weighted by atomic mass is 10.1. The van der Waals surface area contributed by atoms with Gasteiger partial charge in [0.05, 0.1) is 17.3 Å². The molecule has 0 bridgehead atoms. The summed E-state index contributed by atoms with van der Waals surface area (Å²) in [6, 6.07) is 3.98. The van der Waals surface area contributed by atoms with Crippen molar-refractivity contribution in [2.45, 2.75) is 25.8 Å². The van der Waals surface area contributed by atoms with E-state index in [1.54, 1.807) is 13.0 Å². The van der Waals surface area contributed by atoms with Gasteiger partial charge in [0.15, 0.2) is 0 Å². The van der Waals surface area contributed by atoms with E-state index in [0.29, 0.717) is 10.0 Å². The minimum atomic E-state index is -0.975. The van der Waals surface area contributed by atoms with E-state index in [9.17, 15) is 14.0 Å². The van der Waals surface area contributed by atoms with E-state index < -0.39 is 17.8 Å². The van der Waals surface area contributed by atoms with Crippen LogP contribution in [0.5, 0.6) is 0 Å². The van der Waals surface area contributed by atoms with Crippen molar-refractivity contribution in [3.8, 4) is 0 Å². The van der Waals surface area contributed by atoms with Gasteiger partial charge in [0, 0.05) is 6.04 Å². The standard InChI is InChI=1S/C12H13BrFNO3/c1-7(4-12(17)18)15-11(16)6-8-2-3-9(13)10(14)5-8/h2-3,5,7H,4,6H2,1H3,(H,15,16)(H,17,18). The number of carboxylic acids is 1. The van der Waals surface area contributed by atoms with Gasteiger partial charge in [-0.1, -0.05) is 6.07 Å². The first-order valence-electron chi connectivity index (χ1n) is 5.33. The van der Waals surface area contributed by atoms with Crippen molar-refractivity contribution in [1.82, 2.24) is 5.32 Å². The Labute approximate surface area is 112 Å². The van der Waals surface area contributed by atoms with Crippen LogP contribution in [0, 0.1) is 5.82 Å². The average molecular weight is 318 g/mol. The molecule has 1 rings (SSSR count). The molecule has 0 radical (unpaired) electrons. The van der Waals surface area contributed by atoms with Crippen molar-refractivity contribution in [2.75, 3.05) is 0 Å². The molecule has 0 saturated heterocycles. The fourth-order valence-electron chi connectivity index (χ4n) is 1.47. The Morgan fingerprint density at radius 2 is 2.17 bits per heavy atom. The Morgan fingerprint density at radius 3 is 2.72 bits per heavy atom. The van der Waals surface area contributed by atoms with Gasteiger partial charge in [0.25, 0.3) is 0 Å². The van der Waals surface area contributed by atoms with Crippen LogP contribution in [-0.2, 0) is 16.0 Å².